The zero-order chi connectivity index (χ0) is 13.5. The largest absolute Gasteiger partial charge is 0.311 e. The van der Waals surface area contributed by atoms with E-state index in [1.165, 1.54) is 14.9 Å². The fourth-order valence-electron chi connectivity index (χ4n) is 1.92. The summed E-state index contributed by atoms with van der Waals surface area (Å²) in [6, 6.07) is 12.7. The molecule has 0 aliphatic carbocycles. The lowest BCUT2D eigenvalue weighted by atomic mass is 10.2. The molecule has 2 rings (SSSR count). The first-order chi connectivity index (χ1) is 9.24. The lowest BCUT2D eigenvalue weighted by molar-refractivity contribution is 0.324. The fourth-order valence-corrected chi connectivity index (χ4v) is 3.12. The van der Waals surface area contributed by atoms with Crippen LogP contribution in [0.2, 0.25) is 0 Å². The first-order valence-electron chi connectivity index (χ1n) is 6.40. The molecule has 0 aliphatic rings. The summed E-state index contributed by atoms with van der Waals surface area (Å²) in [5.41, 5.74) is 2.72. The second-order valence-corrected chi connectivity index (χ2v) is 6.95. The van der Waals surface area contributed by atoms with E-state index < -0.39 is 0 Å². The van der Waals surface area contributed by atoms with Crippen molar-refractivity contribution in [2.24, 2.45) is 0 Å². The monoisotopic (exact) mass is 338 g/mol. The number of halogens is 1. The highest BCUT2D eigenvalue weighted by molar-refractivity contribution is 9.11. The number of likely N-dealkylation sites (N-methyl/N-ethyl adjacent to an activating group) is 1. The normalized spacial score (nSPS) is 11.1. The van der Waals surface area contributed by atoms with Gasteiger partial charge in [0.05, 0.1) is 3.79 Å². The van der Waals surface area contributed by atoms with Crippen LogP contribution >= 0.6 is 27.3 Å². The fraction of sp³-hybridized carbons (Fsp3) is 0.333. The van der Waals surface area contributed by atoms with Gasteiger partial charge in [0.1, 0.15) is 0 Å². The molecule has 4 heteroatoms. The smallest absolute Gasteiger partial charge is 0.0701 e. The minimum absolute atomic E-state index is 0.943. The van der Waals surface area contributed by atoms with Gasteiger partial charge >= 0.3 is 0 Å². The van der Waals surface area contributed by atoms with E-state index in [1.807, 2.05) is 0 Å². The zero-order valence-electron chi connectivity index (χ0n) is 11.1. The maximum atomic E-state index is 3.50. The third kappa shape index (κ3) is 5.45. The van der Waals surface area contributed by atoms with Crippen LogP contribution in [0.1, 0.15) is 11.1 Å². The molecule has 0 saturated heterocycles. The molecule has 0 unspecified atom stereocenters. The zero-order valence-corrected chi connectivity index (χ0v) is 13.5. The third-order valence-corrected chi connectivity index (χ3v) is 4.47. The highest BCUT2D eigenvalue weighted by Gasteiger charge is 2.02. The molecule has 1 aromatic heterocycles. The molecule has 1 heterocycles. The summed E-state index contributed by atoms with van der Waals surface area (Å²) in [4.78, 5) is 2.34. The average molecular weight is 339 g/mol. The number of rotatable bonds is 7. The van der Waals surface area contributed by atoms with Crippen LogP contribution in [0.25, 0.3) is 0 Å². The maximum Gasteiger partial charge on any atom is 0.0701 e. The van der Waals surface area contributed by atoms with Crippen LogP contribution in [-0.4, -0.2) is 25.0 Å². The van der Waals surface area contributed by atoms with Crippen molar-refractivity contribution in [2.75, 3.05) is 20.1 Å². The standard InChI is InChI=1S/C15H19BrN2S/c1-18(11-14-9-15(16)19-12-14)8-7-17-10-13-5-3-2-4-6-13/h2-6,9,12,17H,7-8,10-11H2,1H3. The molecule has 2 aromatic rings. The second-order valence-electron chi connectivity index (χ2n) is 4.66. The minimum Gasteiger partial charge on any atom is -0.311 e. The molecule has 0 saturated carbocycles. The first-order valence-corrected chi connectivity index (χ1v) is 8.07. The van der Waals surface area contributed by atoms with Crippen LogP contribution in [0.5, 0.6) is 0 Å². The van der Waals surface area contributed by atoms with Crippen molar-refractivity contribution in [3.63, 3.8) is 0 Å². The Kier molecular flexibility index (Phi) is 6.04. The Bertz CT molecular complexity index is 484. The molecule has 2 nitrogen and oxygen atoms in total. The van der Waals surface area contributed by atoms with Crippen LogP contribution < -0.4 is 5.32 Å². The van der Waals surface area contributed by atoms with Gasteiger partial charge in [-0.1, -0.05) is 30.3 Å². The molecule has 0 amide bonds. The van der Waals surface area contributed by atoms with Gasteiger partial charge in [-0.3, -0.25) is 0 Å². The SMILES string of the molecule is CN(CCNCc1ccccc1)Cc1csc(Br)c1. The third-order valence-electron chi connectivity index (χ3n) is 2.92. The average Bonchev–Trinajstić information content (AvgIpc) is 2.81. The number of hydrogen-bond acceptors (Lipinski definition) is 3. The van der Waals surface area contributed by atoms with Crippen LogP contribution in [0.4, 0.5) is 0 Å². The summed E-state index contributed by atoms with van der Waals surface area (Å²) in [5.74, 6) is 0. The summed E-state index contributed by atoms with van der Waals surface area (Å²) in [7, 11) is 2.16. The van der Waals surface area contributed by atoms with E-state index >= 15 is 0 Å². The molecule has 0 fully saturated rings. The van der Waals surface area contributed by atoms with Crippen LogP contribution in [0.15, 0.2) is 45.6 Å². The van der Waals surface area contributed by atoms with Gasteiger partial charge in [-0.2, -0.15) is 0 Å². The van der Waals surface area contributed by atoms with E-state index in [1.54, 1.807) is 11.3 Å². The molecule has 0 atom stereocenters. The van der Waals surface area contributed by atoms with Crippen molar-refractivity contribution in [1.82, 2.24) is 10.2 Å². The summed E-state index contributed by atoms with van der Waals surface area (Å²) in [6.45, 7) is 4.02. The quantitative estimate of drug-likeness (QED) is 0.773. The van der Waals surface area contributed by atoms with E-state index in [9.17, 15) is 0 Å². The Morgan fingerprint density at radius 2 is 2.00 bits per heavy atom. The van der Waals surface area contributed by atoms with Crippen LogP contribution in [0, 0.1) is 0 Å². The Hall–Kier alpha value is -0.680. The van der Waals surface area contributed by atoms with Crippen molar-refractivity contribution in [2.45, 2.75) is 13.1 Å². The number of nitrogens with one attached hydrogen (secondary N) is 1. The van der Waals surface area contributed by atoms with E-state index in [0.29, 0.717) is 0 Å². The van der Waals surface area contributed by atoms with Crippen molar-refractivity contribution < 1.29 is 0 Å². The van der Waals surface area contributed by atoms with E-state index in [2.05, 4.69) is 75.0 Å². The van der Waals surface area contributed by atoms with Crippen molar-refractivity contribution in [1.29, 1.82) is 0 Å². The molecule has 0 aliphatic heterocycles. The number of nitrogens with zero attached hydrogens (tertiary/aromatic N) is 1. The predicted molar refractivity (Wildman–Crippen MR) is 86.5 cm³/mol. The molecule has 0 spiro atoms. The van der Waals surface area contributed by atoms with Gasteiger partial charge in [0.2, 0.25) is 0 Å². The first kappa shape index (κ1) is 14.7. The van der Waals surface area contributed by atoms with E-state index in [0.717, 1.165) is 26.2 Å². The number of benzene rings is 1. The van der Waals surface area contributed by atoms with Gasteiger partial charge in [-0.15, -0.1) is 11.3 Å². The highest BCUT2D eigenvalue weighted by atomic mass is 79.9. The van der Waals surface area contributed by atoms with Gasteiger partial charge in [0, 0.05) is 26.2 Å². The van der Waals surface area contributed by atoms with Crippen molar-refractivity contribution >= 4 is 27.3 Å². The van der Waals surface area contributed by atoms with E-state index in [-0.39, 0.29) is 0 Å². The second kappa shape index (κ2) is 7.80. The van der Waals surface area contributed by atoms with E-state index in [4.69, 9.17) is 0 Å². The summed E-state index contributed by atoms with van der Waals surface area (Å²) >= 11 is 5.25. The summed E-state index contributed by atoms with van der Waals surface area (Å²) in [5, 5.41) is 5.68. The molecule has 0 bridgehead atoms. The molecule has 1 N–H and O–H groups in total. The lowest BCUT2D eigenvalue weighted by Gasteiger charge is -2.16. The predicted octanol–water partition coefficient (Wildman–Crippen LogP) is 3.73. The highest BCUT2D eigenvalue weighted by Crippen LogP contribution is 2.21. The van der Waals surface area contributed by atoms with Crippen molar-refractivity contribution in [3.05, 3.63) is 56.7 Å². The number of thiophene rings is 1. The Labute approximate surface area is 127 Å². The summed E-state index contributed by atoms with van der Waals surface area (Å²) < 4.78 is 1.21. The molecular weight excluding hydrogens is 320 g/mol. The lowest BCUT2D eigenvalue weighted by Crippen LogP contribution is -2.28. The van der Waals surface area contributed by atoms with Crippen LogP contribution in [0.3, 0.4) is 0 Å². The van der Waals surface area contributed by atoms with Gasteiger partial charge in [0.25, 0.3) is 0 Å². The van der Waals surface area contributed by atoms with Gasteiger partial charge in [-0.25, -0.2) is 0 Å². The van der Waals surface area contributed by atoms with Gasteiger partial charge in [0.15, 0.2) is 0 Å². The van der Waals surface area contributed by atoms with Gasteiger partial charge < -0.3 is 10.2 Å². The Morgan fingerprint density at radius 3 is 2.68 bits per heavy atom. The molecule has 19 heavy (non-hydrogen) atoms. The maximum absolute atomic E-state index is 3.50. The Balaban J connectivity index is 1.63. The molecule has 102 valence electrons. The van der Waals surface area contributed by atoms with Gasteiger partial charge in [-0.05, 0) is 45.6 Å². The van der Waals surface area contributed by atoms with Crippen molar-refractivity contribution in [3.8, 4) is 0 Å². The van der Waals surface area contributed by atoms with Crippen LogP contribution in [-0.2, 0) is 13.1 Å². The molecular formula is C15H19BrN2S. The summed E-state index contributed by atoms with van der Waals surface area (Å²) in [6.07, 6.45) is 0. The number of hydrogen-bond donors (Lipinski definition) is 1. The Morgan fingerprint density at radius 1 is 1.21 bits per heavy atom. The molecule has 0 radical (unpaired) electrons. The molecule has 1 aromatic carbocycles. The topological polar surface area (TPSA) is 15.3 Å². The minimum atomic E-state index is 0.943.